The highest BCUT2D eigenvalue weighted by molar-refractivity contribution is 5.91. The summed E-state index contributed by atoms with van der Waals surface area (Å²) < 4.78 is 0. The Balaban J connectivity index is 1.88. The zero-order valence-corrected chi connectivity index (χ0v) is 15.4. The molecule has 27 heavy (non-hydrogen) atoms. The Bertz CT molecular complexity index is 743. The van der Waals surface area contributed by atoms with Gasteiger partial charge in [0.15, 0.2) is 5.78 Å². The number of rotatable bonds is 8. The molecule has 0 aliphatic carbocycles. The highest BCUT2D eigenvalue weighted by Crippen LogP contribution is 2.19. The maximum Gasteiger partial charge on any atom is 0.303 e. The van der Waals surface area contributed by atoms with Gasteiger partial charge in [0.2, 0.25) is 5.91 Å². The number of carbonyl (C=O) groups excluding carboxylic acids is 2. The van der Waals surface area contributed by atoms with Crippen LogP contribution in [0.4, 0.5) is 0 Å². The second kappa shape index (κ2) is 11.0. The number of amides is 1. The van der Waals surface area contributed by atoms with Crippen molar-refractivity contribution >= 4 is 17.7 Å². The fourth-order valence-corrected chi connectivity index (χ4v) is 2.98. The zero-order chi connectivity index (χ0) is 19.5. The SMILES string of the molecule is O=C(O)CCCC#CCN1C(=O)CCCC1/C=C/C(=O)Cc1ccccc1. The number of aliphatic carboxylic acids is 1. The average molecular weight is 367 g/mol. The van der Waals surface area contributed by atoms with Crippen molar-refractivity contribution < 1.29 is 19.5 Å². The Hall–Kier alpha value is -2.87. The van der Waals surface area contributed by atoms with Gasteiger partial charge in [0, 0.05) is 25.7 Å². The molecule has 1 fully saturated rings. The van der Waals surface area contributed by atoms with Crippen LogP contribution < -0.4 is 0 Å². The molecular formula is C22H25NO4. The summed E-state index contributed by atoms with van der Waals surface area (Å²) in [5.74, 6) is 5.12. The first kappa shape index (κ1) is 20.4. The molecule has 0 aromatic heterocycles. The van der Waals surface area contributed by atoms with Crippen molar-refractivity contribution in [3.8, 4) is 11.8 Å². The lowest BCUT2D eigenvalue weighted by atomic mass is 10.00. The van der Waals surface area contributed by atoms with Crippen molar-refractivity contribution in [1.82, 2.24) is 4.90 Å². The predicted molar refractivity (Wildman–Crippen MR) is 103 cm³/mol. The van der Waals surface area contributed by atoms with Crippen LogP contribution in [0.25, 0.3) is 0 Å². The standard InChI is InChI=1S/C22H25NO4/c24-20(17-18-9-4-3-5-10-18)15-14-19-11-8-12-21(25)23(19)16-7-2-1-6-13-22(26)27/h3-5,9-10,14-15,19H,1,6,8,11-13,16-17H2,(H,26,27)/b15-14+. The van der Waals surface area contributed by atoms with Crippen LogP contribution >= 0.6 is 0 Å². The van der Waals surface area contributed by atoms with Gasteiger partial charge in [0.1, 0.15) is 0 Å². The van der Waals surface area contributed by atoms with Crippen molar-refractivity contribution in [3.63, 3.8) is 0 Å². The van der Waals surface area contributed by atoms with Crippen LogP contribution in [0.2, 0.25) is 0 Å². The number of likely N-dealkylation sites (tertiary alicyclic amines) is 1. The molecule has 1 aromatic carbocycles. The van der Waals surface area contributed by atoms with Gasteiger partial charge in [-0.05, 0) is 30.9 Å². The summed E-state index contributed by atoms with van der Waals surface area (Å²) in [5.41, 5.74) is 0.968. The first-order valence-corrected chi connectivity index (χ1v) is 9.28. The largest absolute Gasteiger partial charge is 0.481 e. The third-order valence-corrected chi connectivity index (χ3v) is 4.40. The van der Waals surface area contributed by atoms with Crippen LogP contribution in [-0.4, -0.2) is 40.3 Å². The normalized spacial score (nSPS) is 16.8. The molecule has 0 bridgehead atoms. The zero-order valence-electron chi connectivity index (χ0n) is 15.4. The van der Waals surface area contributed by atoms with Crippen molar-refractivity contribution in [2.75, 3.05) is 6.54 Å². The number of hydrogen-bond donors (Lipinski definition) is 1. The maximum atomic E-state index is 12.2. The van der Waals surface area contributed by atoms with Gasteiger partial charge in [0.05, 0.1) is 12.6 Å². The van der Waals surface area contributed by atoms with Crippen LogP contribution in [0.15, 0.2) is 42.5 Å². The number of allylic oxidation sites excluding steroid dienone is 1. The molecule has 1 N–H and O–H groups in total. The molecule has 5 heteroatoms. The minimum atomic E-state index is -0.826. The molecule has 1 unspecified atom stereocenters. The van der Waals surface area contributed by atoms with Crippen molar-refractivity contribution in [1.29, 1.82) is 0 Å². The molecule has 0 radical (unpaired) electrons. The van der Waals surface area contributed by atoms with E-state index in [1.54, 1.807) is 11.0 Å². The van der Waals surface area contributed by atoms with Gasteiger partial charge >= 0.3 is 5.97 Å². The highest BCUT2D eigenvalue weighted by atomic mass is 16.4. The maximum absolute atomic E-state index is 12.2. The number of piperidine rings is 1. The Labute approximate surface area is 160 Å². The van der Waals surface area contributed by atoms with E-state index < -0.39 is 5.97 Å². The summed E-state index contributed by atoms with van der Waals surface area (Å²) in [4.78, 5) is 36.6. The molecule has 2 rings (SSSR count). The second-order valence-corrected chi connectivity index (χ2v) is 6.57. The number of carboxylic acid groups (broad SMARTS) is 1. The molecule has 142 valence electrons. The Morgan fingerprint density at radius 2 is 2.00 bits per heavy atom. The highest BCUT2D eigenvalue weighted by Gasteiger charge is 2.25. The van der Waals surface area contributed by atoms with Crippen LogP contribution in [-0.2, 0) is 20.8 Å². The summed E-state index contributed by atoms with van der Waals surface area (Å²) in [6.45, 7) is 0.313. The third kappa shape index (κ3) is 7.49. The predicted octanol–water partition coefficient (Wildman–Crippen LogP) is 2.99. The molecular weight excluding hydrogens is 342 g/mol. The van der Waals surface area contributed by atoms with Gasteiger partial charge in [-0.2, -0.15) is 0 Å². The molecule has 1 heterocycles. The quantitative estimate of drug-likeness (QED) is 0.435. The van der Waals surface area contributed by atoms with E-state index in [9.17, 15) is 14.4 Å². The van der Waals surface area contributed by atoms with E-state index in [4.69, 9.17) is 5.11 Å². The molecule has 1 atom stereocenters. The lowest BCUT2D eigenvalue weighted by Gasteiger charge is -2.32. The minimum Gasteiger partial charge on any atom is -0.481 e. The van der Waals surface area contributed by atoms with E-state index >= 15 is 0 Å². The molecule has 5 nitrogen and oxygen atoms in total. The van der Waals surface area contributed by atoms with Crippen molar-refractivity contribution in [2.45, 2.75) is 51.0 Å². The van der Waals surface area contributed by atoms with E-state index in [-0.39, 0.29) is 24.2 Å². The summed E-state index contributed by atoms with van der Waals surface area (Å²) in [5, 5.41) is 8.60. The van der Waals surface area contributed by atoms with Crippen LogP contribution in [0, 0.1) is 11.8 Å². The number of unbranched alkanes of at least 4 members (excludes halogenated alkanes) is 1. The summed E-state index contributed by atoms with van der Waals surface area (Å²) >= 11 is 0. The van der Waals surface area contributed by atoms with Crippen molar-refractivity contribution in [3.05, 3.63) is 48.0 Å². The fourth-order valence-electron chi connectivity index (χ4n) is 2.98. The van der Waals surface area contributed by atoms with E-state index in [1.807, 2.05) is 36.4 Å². The summed E-state index contributed by atoms with van der Waals surface area (Å²) in [6.07, 6.45) is 6.98. The summed E-state index contributed by atoms with van der Waals surface area (Å²) in [6, 6.07) is 9.45. The van der Waals surface area contributed by atoms with Gasteiger partial charge < -0.3 is 10.0 Å². The van der Waals surface area contributed by atoms with Gasteiger partial charge in [-0.15, -0.1) is 5.92 Å². The second-order valence-electron chi connectivity index (χ2n) is 6.57. The van der Waals surface area contributed by atoms with Crippen LogP contribution in [0.3, 0.4) is 0 Å². The van der Waals surface area contributed by atoms with E-state index in [0.717, 1.165) is 18.4 Å². The van der Waals surface area contributed by atoms with E-state index in [1.165, 1.54) is 0 Å². The number of benzene rings is 1. The Morgan fingerprint density at radius 3 is 2.74 bits per heavy atom. The Kier molecular flexibility index (Phi) is 8.31. The topological polar surface area (TPSA) is 74.7 Å². The molecule has 1 saturated heterocycles. The third-order valence-electron chi connectivity index (χ3n) is 4.40. The van der Waals surface area contributed by atoms with Crippen LogP contribution in [0.1, 0.15) is 44.1 Å². The molecule has 1 aliphatic rings. The lowest BCUT2D eigenvalue weighted by molar-refractivity contribution is -0.137. The smallest absolute Gasteiger partial charge is 0.303 e. The van der Waals surface area contributed by atoms with Gasteiger partial charge in [-0.25, -0.2) is 0 Å². The number of carbonyl (C=O) groups is 3. The van der Waals surface area contributed by atoms with Crippen molar-refractivity contribution in [2.24, 2.45) is 0 Å². The lowest BCUT2D eigenvalue weighted by Crippen LogP contribution is -2.42. The molecule has 1 aromatic rings. The molecule has 0 spiro atoms. The van der Waals surface area contributed by atoms with Gasteiger partial charge in [-0.1, -0.05) is 42.3 Å². The monoisotopic (exact) mass is 367 g/mol. The first-order valence-electron chi connectivity index (χ1n) is 9.28. The van der Waals surface area contributed by atoms with E-state index in [0.29, 0.717) is 32.2 Å². The van der Waals surface area contributed by atoms with Crippen LogP contribution in [0.5, 0.6) is 0 Å². The molecule has 1 amide bonds. The number of nitrogens with zero attached hydrogens (tertiary/aromatic N) is 1. The van der Waals surface area contributed by atoms with Gasteiger partial charge in [-0.3, -0.25) is 14.4 Å². The minimum absolute atomic E-state index is 0.0129. The van der Waals surface area contributed by atoms with E-state index in [2.05, 4.69) is 11.8 Å². The first-order chi connectivity index (χ1) is 13.1. The number of ketones is 1. The summed E-state index contributed by atoms with van der Waals surface area (Å²) in [7, 11) is 0. The number of hydrogen-bond acceptors (Lipinski definition) is 3. The van der Waals surface area contributed by atoms with Gasteiger partial charge in [0.25, 0.3) is 0 Å². The molecule has 0 saturated carbocycles. The number of carboxylic acids is 1. The Morgan fingerprint density at radius 1 is 1.22 bits per heavy atom. The fraction of sp³-hybridized carbons (Fsp3) is 0.409. The molecule has 1 aliphatic heterocycles. The average Bonchev–Trinajstić information content (AvgIpc) is 2.65.